The van der Waals surface area contributed by atoms with Crippen molar-refractivity contribution in [2.24, 2.45) is 0 Å². The summed E-state index contributed by atoms with van der Waals surface area (Å²) in [5.41, 5.74) is 2.43. The monoisotopic (exact) mass is 273 g/mol. The third-order valence-corrected chi connectivity index (χ3v) is 4.75. The molecule has 1 saturated carbocycles. The minimum absolute atomic E-state index is 0.598. The standard InChI is InChI=1S/C13H11N3S2/c1-8-6-17-13(15-8)10(5-14)4-11-7-18-12(16-11)9-2-3-9/h4,6-7,9H,2-3H2,1H3/b10-4-. The molecule has 1 fully saturated rings. The Hall–Kier alpha value is -1.51. The van der Waals surface area contributed by atoms with Gasteiger partial charge in [0.25, 0.3) is 0 Å². The molecule has 1 aliphatic rings. The van der Waals surface area contributed by atoms with Crippen molar-refractivity contribution in [1.29, 1.82) is 5.26 Å². The molecule has 90 valence electrons. The van der Waals surface area contributed by atoms with Crippen molar-refractivity contribution >= 4 is 34.3 Å². The minimum atomic E-state index is 0.598. The first-order chi connectivity index (χ1) is 8.76. The number of nitrogens with zero attached hydrogens (tertiary/aromatic N) is 3. The Balaban J connectivity index is 1.90. The van der Waals surface area contributed by atoms with Crippen LogP contribution in [0.2, 0.25) is 0 Å². The van der Waals surface area contributed by atoms with Crippen molar-refractivity contribution < 1.29 is 0 Å². The van der Waals surface area contributed by atoms with Gasteiger partial charge in [0.05, 0.1) is 16.3 Å². The highest BCUT2D eigenvalue weighted by Crippen LogP contribution is 2.41. The molecule has 0 amide bonds. The minimum Gasteiger partial charge on any atom is -0.242 e. The predicted octanol–water partition coefficient (Wildman–Crippen LogP) is 3.85. The van der Waals surface area contributed by atoms with Gasteiger partial charge < -0.3 is 0 Å². The van der Waals surface area contributed by atoms with Crippen molar-refractivity contribution in [2.75, 3.05) is 0 Å². The molecule has 2 aromatic heterocycles. The molecular weight excluding hydrogens is 262 g/mol. The van der Waals surface area contributed by atoms with Crippen molar-refractivity contribution in [2.45, 2.75) is 25.7 Å². The highest BCUT2D eigenvalue weighted by Gasteiger charge is 2.26. The van der Waals surface area contributed by atoms with Gasteiger partial charge in [0.2, 0.25) is 0 Å². The number of allylic oxidation sites excluding steroid dienone is 1. The maximum atomic E-state index is 9.20. The van der Waals surface area contributed by atoms with Crippen molar-refractivity contribution in [3.63, 3.8) is 0 Å². The molecule has 0 bridgehead atoms. The van der Waals surface area contributed by atoms with Crippen LogP contribution in [0.15, 0.2) is 10.8 Å². The summed E-state index contributed by atoms with van der Waals surface area (Å²) in [5.74, 6) is 0.671. The van der Waals surface area contributed by atoms with Gasteiger partial charge in [0.1, 0.15) is 11.1 Å². The second-order valence-corrected chi connectivity index (χ2v) is 6.10. The summed E-state index contributed by atoms with van der Waals surface area (Å²) >= 11 is 3.19. The van der Waals surface area contributed by atoms with Crippen LogP contribution >= 0.6 is 22.7 Å². The summed E-state index contributed by atoms with van der Waals surface area (Å²) in [4.78, 5) is 8.90. The Morgan fingerprint density at radius 1 is 1.39 bits per heavy atom. The van der Waals surface area contributed by atoms with Gasteiger partial charge in [-0.25, -0.2) is 9.97 Å². The molecule has 0 spiro atoms. The molecule has 5 heteroatoms. The van der Waals surface area contributed by atoms with E-state index in [9.17, 15) is 5.26 Å². The van der Waals surface area contributed by atoms with E-state index in [1.165, 1.54) is 29.2 Å². The smallest absolute Gasteiger partial charge is 0.134 e. The second kappa shape index (κ2) is 4.63. The fourth-order valence-electron chi connectivity index (χ4n) is 1.65. The first-order valence-corrected chi connectivity index (χ1v) is 7.52. The molecule has 0 unspecified atom stereocenters. The zero-order valence-electron chi connectivity index (χ0n) is 9.88. The van der Waals surface area contributed by atoms with Gasteiger partial charge in [-0.2, -0.15) is 5.26 Å². The fraction of sp³-hybridized carbons (Fsp3) is 0.308. The molecule has 3 nitrogen and oxygen atoms in total. The molecule has 18 heavy (non-hydrogen) atoms. The molecule has 3 rings (SSSR count). The number of aryl methyl sites for hydroxylation is 1. The lowest BCUT2D eigenvalue weighted by atomic mass is 10.2. The molecule has 0 radical (unpaired) electrons. The van der Waals surface area contributed by atoms with Crippen LogP contribution in [0, 0.1) is 18.3 Å². The van der Waals surface area contributed by atoms with Crippen LogP contribution in [0.25, 0.3) is 11.6 Å². The van der Waals surface area contributed by atoms with E-state index < -0.39 is 0 Å². The average Bonchev–Trinajstić information content (AvgIpc) is 2.96. The number of rotatable bonds is 3. The predicted molar refractivity (Wildman–Crippen MR) is 74.4 cm³/mol. The Kier molecular flexibility index (Phi) is 2.98. The highest BCUT2D eigenvalue weighted by molar-refractivity contribution is 7.11. The van der Waals surface area contributed by atoms with E-state index in [2.05, 4.69) is 16.0 Å². The van der Waals surface area contributed by atoms with Gasteiger partial charge in [-0.1, -0.05) is 0 Å². The lowest BCUT2D eigenvalue weighted by molar-refractivity contribution is 1.08. The zero-order chi connectivity index (χ0) is 12.5. The van der Waals surface area contributed by atoms with Crippen LogP contribution in [-0.4, -0.2) is 9.97 Å². The number of nitriles is 1. The van der Waals surface area contributed by atoms with Gasteiger partial charge in [-0.05, 0) is 25.8 Å². The number of thiazole rings is 2. The van der Waals surface area contributed by atoms with E-state index in [1.807, 2.05) is 23.8 Å². The molecule has 1 aliphatic carbocycles. The summed E-state index contributed by atoms with van der Waals surface area (Å²) in [6, 6.07) is 2.21. The van der Waals surface area contributed by atoms with Gasteiger partial charge in [-0.15, -0.1) is 22.7 Å². The van der Waals surface area contributed by atoms with E-state index in [0.29, 0.717) is 11.5 Å². The van der Waals surface area contributed by atoms with Gasteiger partial charge in [0, 0.05) is 22.4 Å². The van der Waals surface area contributed by atoms with Gasteiger partial charge in [-0.3, -0.25) is 0 Å². The Morgan fingerprint density at radius 3 is 2.83 bits per heavy atom. The Labute approximate surface area is 113 Å². The molecular formula is C13H11N3S2. The Morgan fingerprint density at radius 2 is 2.22 bits per heavy atom. The summed E-state index contributed by atoms with van der Waals surface area (Å²) in [6.07, 6.45) is 4.35. The molecule has 0 saturated heterocycles. The summed E-state index contributed by atoms with van der Waals surface area (Å²) in [7, 11) is 0. The highest BCUT2D eigenvalue weighted by atomic mass is 32.1. The average molecular weight is 273 g/mol. The third kappa shape index (κ3) is 2.35. The number of hydrogen-bond donors (Lipinski definition) is 0. The first kappa shape index (κ1) is 11.6. The maximum absolute atomic E-state index is 9.20. The second-order valence-electron chi connectivity index (χ2n) is 4.35. The largest absolute Gasteiger partial charge is 0.242 e. The molecule has 0 atom stereocenters. The van der Waals surface area contributed by atoms with E-state index >= 15 is 0 Å². The quantitative estimate of drug-likeness (QED) is 0.798. The maximum Gasteiger partial charge on any atom is 0.134 e. The SMILES string of the molecule is Cc1csc(/C(C#N)=C\c2csc(C3CC3)n2)n1. The lowest BCUT2D eigenvalue weighted by Crippen LogP contribution is -1.82. The van der Waals surface area contributed by atoms with E-state index in [4.69, 9.17) is 0 Å². The van der Waals surface area contributed by atoms with Crippen LogP contribution < -0.4 is 0 Å². The first-order valence-electron chi connectivity index (χ1n) is 5.76. The van der Waals surface area contributed by atoms with E-state index in [-0.39, 0.29) is 0 Å². The summed E-state index contributed by atoms with van der Waals surface area (Å²) in [6.45, 7) is 1.93. The summed E-state index contributed by atoms with van der Waals surface area (Å²) < 4.78 is 0. The molecule has 2 aromatic rings. The molecule has 0 aliphatic heterocycles. The fourth-order valence-corrected chi connectivity index (χ4v) is 3.36. The van der Waals surface area contributed by atoms with Crippen molar-refractivity contribution in [1.82, 2.24) is 9.97 Å². The van der Waals surface area contributed by atoms with Crippen LogP contribution in [-0.2, 0) is 0 Å². The number of hydrogen-bond acceptors (Lipinski definition) is 5. The van der Waals surface area contributed by atoms with Gasteiger partial charge >= 0.3 is 0 Å². The van der Waals surface area contributed by atoms with Crippen LogP contribution in [0.3, 0.4) is 0 Å². The Bertz CT molecular complexity index is 641. The lowest BCUT2D eigenvalue weighted by Gasteiger charge is -1.91. The van der Waals surface area contributed by atoms with E-state index in [1.54, 1.807) is 11.3 Å². The van der Waals surface area contributed by atoms with Crippen LogP contribution in [0.4, 0.5) is 0 Å². The zero-order valence-corrected chi connectivity index (χ0v) is 11.5. The normalized spacial score (nSPS) is 15.7. The summed E-state index contributed by atoms with van der Waals surface area (Å²) in [5, 5.41) is 15.2. The van der Waals surface area contributed by atoms with Crippen molar-refractivity contribution in [3.8, 4) is 6.07 Å². The van der Waals surface area contributed by atoms with E-state index in [0.717, 1.165) is 16.4 Å². The topological polar surface area (TPSA) is 49.6 Å². The third-order valence-electron chi connectivity index (χ3n) is 2.73. The molecule has 0 aromatic carbocycles. The van der Waals surface area contributed by atoms with Crippen LogP contribution in [0.1, 0.15) is 40.2 Å². The van der Waals surface area contributed by atoms with Crippen LogP contribution in [0.5, 0.6) is 0 Å². The molecule has 2 heterocycles. The van der Waals surface area contributed by atoms with Crippen molar-refractivity contribution in [3.05, 3.63) is 32.2 Å². The molecule has 0 N–H and O–H groups in total. The van der Waals surface area contributed by atoms with Gasteiger partial charge in [0.15, 0.2) is 0 Å². The number of aromatic nitrogens is 2.